The van der Waals surface area contributed by atoms with Crippen LogP contribution in [0.4, 0.5) is 0 Å². The fraction of sp³-hybridized carbons (Fsp3) is 0.762. The lowest BCUT2D eigenvalue weighted by Gasteiger charge is -2.28. The Bertz CT molecular complexity index is 1030. The van der Waals surface area contributed by atoms with Crippen LogP contribution >= 0.6 is 7.82 Å². The number of carbonyl (C=O) groups excluding carboxylic acids is 2. The van der Waals surface area contributed by atoms with Crippen molar-refractivity contribution in [3.05, 3.63) is 48.6 Å². The molecule has 0 aliphatic carbocycles. The van der Waals surface area contributed by atoms with Gasteiger partial charge in [0.05, 0.1) is 27.7 Å². The largest absolute Gasteiger partial charge is 0.756 e. The van der Waals surface area contributed by atoms with Crippen molar-refractivity contribution in [3.63, 3.8) is 0 Å². The zero-order valence-corrected chi connectivity index (χ0v) is 34.6. The van der Waals surface area contributed by atoms with Gasteiger partial charge in [0, 0.05) is 12.8 Å². The standard InChI is InChI=1S/C42H76NO8P/c1-6-8-10-12-14-16-18-20-21-23-24-26-28-30-32-34-41(44)48-38-40(39-50-52(46,47)49-37-36-43(3,4)5)51-42(45)35-33-31-29-27-25-22-19-17-15-13-11-9-7-2/h8,10,14,16-17,19-21,40H,6-7,9,11-13,15,18,22-39H2,1-5H3/b10-8-,16-14-,19-17-,21-20-/t40-/m1/s1. The van der Waals surface area contributed by atoms with Gasteiger partial charge < -0.3 is 27.9 Å². The summed E-state index contributed by atoms with van der Waals surface area (Å²) >= 11 is 0. The Morgan fingerprint density at radius 2 is 1.10 bits per heavy atom. The van der Waals surface area contributed by atoms with E-state index in [-0.39, 0.29) is 26.1 Å². The maximum Gasteiger partial charge on any atom is 0.306 e. The molecule has 0 saturated carbocycles. The number of ether oxygens (including phenoxy) is 2. The van der Waals surface area contributed by atoms with Crippen LogP contribution in [0.15, 0.2) is 48.6 Å². The number of esters is 2. The average molecular weight is 754 g/mol. The Hall–Kier alpha value is -2.03. The van der Waals surface area contributed by atoms with Gasteiger partial charge in [0.15, 0.2) is 6.10 Å². The molecule has 0 aromatic carbocycles. The summed E-state index contributed by atoms with van der Waals surface area (Å²) in [6.45, 7) is 4.05. The molecule has 0 N–H and O–H groups in total. The average Bonchev–Trinajstić information content (AvgIpc) is 3.09. The van der Waals surface area contributed by atoms with E-state index in [2.05, 4.69) is 62.5 Å². The van der Waals surface area contributed by atoms with E-state index in [0.717, 1.165) is 83.5 Å². The molecule has 0 spiro atoms. The summed E-state index contributed by atoms with van der Waals surface area (Å²) in [5.74, 6) is -0.869. The first-order chi connectivity index (χ1) is 25.0. The van der Waals surface area contributed by atoms with E-state index in [1.54, 1.807) is 0 Å². The highest BCUT2D eigenvalue weighted by atomic mass is 31.2. The Labute approximate surface area is 318 Å². The molecule has 302 valence electrons. The molecule has 2 atom stereocenters. The van der Waals surface area contributed by atoms with Gasteiger partial charge >= 0.3 is 11.9 Å². The van der Waals surface area contributed by atoms with Crippen molar-refractivity contribution < 1.29 is 42.1 Å². The number of allylic oxidation sites excluding steroid dienone is 8. The molecule has 0 saturated heterocycles. The molecule has 0 radical (unpaired) electrons. The molecule has 0 fully saturated rings. The molecule has 52 heavy (non-hydrogen) atoms. The molecule has 1 unspecified atom stereocenters. The lowest BCUT2D eigenvalue weighted by molar-refractivity contribution is -0.870. The Balaban J connectivity index is 4.45. The number of nitrogens with zero attached hydrogens (tertiary/aromatic N) is 1. The maximum absolute atomic E-state index is 12.6. The van der Waals surface area contributed by atoms with Crippen LogP contribution in [0, 0.1) is 0 Å². The smallest absolute Gasteiger partial charge is 0.306 e. The van der Waals surface area contributed by atoms with Gasteiger partial charge in [0.2, 0.25) is 0 Å². The van der Waals surface area contributed by atoms with E-state index < -0.39 is 32.5 Å². The van der Waals surface area contributed by atoms with E-state index in [1.807, 2.05) is 21.1 Å². The van der Waals surface area contributed by atoms with E-state index in [0.29, 0.717) is 23.9 Å². The highest BCUT2D eigenvalue weighted by Crippen LogP contribution is 2.38. The second kappa shape index (κ2) is 34.7. The predicted molar refractivity (Wildman–Crippen MR) is 213 cm³/mol. The monoisotopic (exact) mass is 754 g/mol. The molecule has 10 heteroatoms. The lowest BCUT2D eigenvalue weighted by Crippen LogP contribution is -2.37. The maximum atomic E-state index is 12.6. The number of phosphoric acid groups is 1. The van der Waals surface area contributed by atoms with Crippen molar-refractivity contribution in [1.82, 2.24) is 0 Å². The van der Waals surface area contributed by atoms with Gasteiger partial charge in [-0.25, -0.2) is 0 Å². The SMILES string of the molecule is CC/C=C\C/C=C\C/C=C\CCCCCCCC(=O)OC[C@H](COP(=O)([O-])OCC[N+](C)(C)C)OC(=O)CCCCCCC/C=C\CCCCCC. The van der Waals surface area contributed by atoms with Crippen LogP contribution in [-0.4, -0.2) is 70.0 Å². The number of unbranched alkanes of at least 4 members (excludes halogenated alkanes) is 14. The molecule has 0 amide bonds. The summed E-state index contributed by atoms with van der Waals surface area (Å²) in [6, 6.07) is 0. The van der Waals surface area contributed by atoms with Crippen molar-refractivity contribution >= 4 is 19.8 Å². The van der Waals surface area contributed by atoms with Gasteiger partial charge in [0.1, 0.15) is 19.8 Å². The molecule has 0 heterocycles. The van der Waals surface area contributed by atoms with Crippen LogP contribution in [0.1, 0.15) is 155 Å². The zero-order chi connectivity index (χ0) is 38.6. The minimum absolute atomic E-state index is 0.0369. The zero-order valence-electron chi connectivity index (χ0n) is 33.7. The second-order valence-corrected chi connectivity index (χ2v) is 16.0. The molecule has 0 aliphatic heterocycles. The first-order valence-corrected chi connectivity index (χ1v) is 21.8. The highest BCUT2D eigenvalue weighted by Gasteiger charge is 2.21. The number of phosphoric ester groups is 1. The Morgan fingerprint density at radius 3 is 1.65 bits per heavy atom. The molecule has 0 rings (SSSR count). The number of likely N-dealkylation sites (N-methyl/N-ethyl adjacent to an activating group) is 1. The van der Waals surface area contributed by atoms with E-state index in [9.17, 15) is 19.0 Å². The molecule has 9 nitrogen and oxygen atoms in total. The van der Waals surface area contributed by atoms with Crippen molar-refractivity contribution in [1.29, 1.82) is 0 Å². The summed E-state index contributed by atoms with van der Waals surface area (Å²) in [5, 5.41) is 0. The van der Waals surface area contributed by atoms with Crippen LogP contribution in [-0.2, 0) is 32.7 Å². The fourth-order valence-corrected chi connectivity index (χ4v) is 5.86. The third kappa shape index (κ3) is 37.7. The second-order valence-electron chi connectivity index (χ2n) is 14.6. The van der Waals surface area contributed by atoms with Gasteiger partial charge in [-0.15, -0.1) is 0 Å². The molecule has 0 aliphatic rings. The Morgan fingerprint density at radius 1 is 0.615 bits per heavy atom. The molecule has 0 bridgehead atoms. The minimum atomic E-state index is -4.63. The van der Waals surface area contributed by atoms with Crippen LogP contribution in [0.2, 0.25) is 0 Å². The molecular formula is C42H76NO8P. The number of hydrogen-bond donors (Lipinski definition) is 0. The summed E-state index contributed by atoms with van der Waals surface area (Å²) in [5.41, 5.74) is 0. The van der Waals surface area contributed by atoms with Gasteiger partial charge in [-0.2, -0.15) is 0 Å². The predicted octanol–water partition coefficient (Wildman–Crippen LogP) is 10.5. The van der Waals surface area contributed by atoms with Gasteiger partial charge in [-0.3, -0.25) is 14.2 Å². The van der Waals surface area contributed by atoms with Crippen LogP contribution in [0.25, 0.3) is 0 Å². The number of carbonyl (C=O) groups is 2. The summed E-state index contributed by atoms with van der Waals surface area (Å²) in [7, 11) is 1.14. The molecular weight excluding hydrogens is 677 g/mol. The van der Waals surface area contributed by atoms with E-state index >= 15 is 0 Å². The van der Waals surface area contributed by atoms with Gasteiger partial charge in [-0.1, -0.05) is 120 Å². The van der Waals surface area contributed by atoms with E-state index in [4.69, 9.17) is 18.5 Å². The number of quaternary nitrogens is 1. The highest BCUT2D eigenvalue weighted by molar-refractivity contribution is 7.45. The van der Waals surface area contributed by atoms with Gasteiger partial charge in [-0.05, 0) is 70.6 Å². The normalized spacial score (nSPS) is 14.2. The number of hydrogen-bond acceptors (Lipinski definition) is 8. The summed E-state index contributed by atoms with van der Waals surface area (Å²) < 4.78 is 33.8. The fourth-order valence-electron chi connectivity index (χ4n) is 5.13. The lowest BCUT2D eigenvalue weighted by atomic mass is 10.1. The quantitative estimate of drug-likeness (QED) is 0.0204. The minimum Gasteiger partial charge on any atom is -0.756 e. The van der Waals surface area contributed by atoms with Crippen molar-refractivity contribution in [3.8, 4) is 0 Å². The third-order valence-electron chi connectivity index (χ3n) is 8.33. The van der Waals surface area contributed by atoms with Crippen LogP contribution in [0.3, 0.4) is 0 Å². The van der Waals surface area contributed by atoms with Crippen molar-refractivity contribution in [2.45, 2.75) is 161 Å². The van der Waals surface area contributed by atoms with Crippen LogP contribution < -0.4 is 4.89 Å². The van der Waals surface area contributed by atoms with Crippen molar-refractivity contribution in [2.75, 3.05) is 47.5 Å². The Kier molecular flexibility index (Phi) is 33.4. The third-order valence-corrected chi connectivity index (χ3v) is 9.30. The first kappa shape index (κ1) is 50.0. The summed E-state index contributed by atoms with van der Waals surface area (Å²) in [6.07, 6.45) is 38.5. The van der Waals surface area contributed by atoms with Crippen LogP contribution in [0.5, 0.6) is 0 Å². The van der Waals surface area contributed by atoms with Crippen molar-refractivity contribution in [2.24, 2.45) is 0 Å². The summed E-state index contributed by atoms with van der Waals surface area (Å²) in [4.78, 5) is 37.4. The topological polar surface area (TPSA) is 111 Å². The number of rotatable bonds is 36. The molecule has 0 aromatic rings. The first-order valence-electron chi connectivity index (χ1n) is 20.3. The molecule has 0 aromatic heterocycles. The van der Waals surface area contributed by atoms with E-state index in [1.165, 1.54) is 32.1 Å². The van der Waals surface area contributed by atoms with Gasteiger partial charge in [0.25, 0.3) is 7.82 Å².